The summed E-state index contributed by atoms with van der Waals surface area (Å²) >= 11 is 12.1. The molecule has 29 heavy (non-hydrogen) atoms. The molecule has 6 nitrogen and oxygen atoms in total. The topological polar surface area (TPSA) is 61.9 Å². The predicted molar refractivity (Wildman–Crippen MR) is 115 cm³/mol. The molecule has 1 atom stereocenters. The highest BCUT2D eigenvalue weighted by molar-refractivity contribution is 6.42. The molecule has 1 aliphatic heterocycles. The molecule has 0 spiro atoms. The average molecular weight is 436 g/mol. The van der Waals surface area contributed by atoms with Gasteiger partial charge in [-0.05, 0) is 35.9 Å². The highest BCUT2D eigenvalue weighted by Crippen LogP contribution is 2.29. The lowest BCUT2D eigenvalue weighted by Gasteiger charge is -2.32. The third-order valence-electron chi connectivity index (χ3n) is 4.63. The summed E-state index contributed by atoms with van der Waals surface area (Å²) in [5.41, 5.74) is 2.05. The summed E-state index contributed by atoms with van der Waals surface area (Å²) in [6.45, 7) is 1.98. The van der Waals surface area contributed by atoms with Gasteiger partial charge < -0.3 is 15.0 Å². The molecule has 0 aliphatic carbocycles. The second-order valence-corrected chi connectivity index (χ2v) is 7.91. The van der Waals surface area contributed by atoms with Gasteiger partial charge in [-0.3, -0.25) is 14.5 Å². The molecule has 0 saturated carbocycles. The van der Waals surface area contributed by atoms with Gasteiger partial charge in [0.2, 0.25) is 5.91 Å². The lowest BCUT2D eigenvalue weighted by Crippen LogP contribution is -2.42. The van der Waals surface area contributed by atoms with Crippen LogP contribution >= 0.6 is 23.2 Å². The minimum atomic E-state index is -0.174. The first-order chi connectivity index (χ1) is 13.8. The molecular formula is C21H23Cl2N3O3. The minimum absolute atomic E-state index is 0.112. The Labute approximate surface area is 180 Å². The van der Waals surface area contributed by atoms with E-state index in [-0.39, 0.29) is 24.5 Å². The Balaban J connectivity index is 1.60. The van der Waals surface area contributed by atoms with Crippen LogP contribution in [0.3, 0.4) is 0 Å². The second kappa shape index (κ2) is 9.59. The number of anilines is 1. The molecule has 2 aromatic rings. The Hall–Kier alpha value is -2.12. The van der Waals surface area contributed by atoms with Crippen LogP contribution in [0.5, 0.6) is 0 Å². The summed E-state index contributed by atoms with van der Waals surface area (Å²) in [5.74, 6) is -0.256. The number of ether oxygens (including phenoxy) is 1. The quantitative estimate of drug-likeness (QED) is 0.777. The van der Waals surface area contributed by atoms with E-state index in [0.717, 1.165) is 5.56 Å². The van der Waals surface area contributed by atoms with Gasteiger partial charge in [0.05, 0.1) is 29.3 Å². The van der Waals surface area contributed by atoms with Crippen molar-refractivity contribution in [1.82, 2.24) is 9.80 Å². The van der Waals surface area contributed by atoms with E-state index in [4.69, 9.17) is 27.9 Å². The first-order valence-corrected chi connectivity index (χ1v) is 9.99. The standard InChI is InChI=1S/C21H23Cl2N3O3/c1-25(2)21(28)15-4-3-5-16(10-15)24-20(27)13-26-8-9-29-19(12-26)14-6-7-17(22)18(23)11-14/h3-7,10-11,19H,8-9,12-13H2,1-2H3,(H,24,27). The number of amides is 2. The molecule has 2 amide bonds. The highest BCUT2D eigenvalue weighted by atomic mass is 35.5. The molecule has 3 rings (SSSR count). The zero-order valence-corrected chi connectivity index (χ0v) is 17.8. The van der Waals surface area contributed by atoms with Crippen LogP contribution in [0.1, 0.15) is 22.0 Å². The van der Waals surface area contributed by atoms with Crippen LogP contribution < -0.4 is 5.32 Å². The number of carbonyl (C=O) groups is 2. The molecule has 2 aromatic carbocycles. The smallest absolute Gasteiger partial charge is 0.253 e. The average Bonchev–Trinajstić information content (AvgIpc) is 2.69. The summed E-state index contributed by atoms with van der Waals surface area (Å²) in [6, 6.07) is 12.3. The Kier molecular flexibility index (Phi) is 7.14. The molecule has 1 saturated heterocycles. The Bertz CT molecular complexity index is 904. The zero-order valence-electron chi connectivity index (χ0n) is 16.3. The van der Waals surface area contributed by atoms with Crippen molar-refractivity contribution in [2.24, 2.45) is 0 Å². The van der Waals surface area contributed by atoms with E-state index < -0.39 is 0 Å². The van der Waals surface area contributed by atoms with Gasteiger partial charge in [0.15, 0.2) is 0 Å². The van der Waals surface area contributed by atoms with Gasteiger partial charge in [0, 0.05) is 38.4 Å². The zero-order chi connectivity index (χ0) is 21.0. The molecule has 1 aliphatic rings. The number of carbonyl (C=O) groups excluding carboxylic acids is 2. The molecule has 1 unspecified atom stereocenters. The van der Waals surface area contributed by atoms with Crippen LogP contribution in [-0.4, -0.2) is 62.0 Å². The van der Waals surface area contributed by atoms with Crippen LogP contribution in [-0.2, 0) is 9.53 Å². The van der Waals surface area contributed by atoms with Crippen molar-refractivity contribution in [2.75, 3.05) is 45.7 Å². The SMILES string of the molecule is CN(C)C(=O)c1cccc(NC(=O)CN2CCOC(c3ccc(Cl)c(Cl)c3)C2)c1. The number of hydrogen-bond donors (Lipinski definition) is 1. The second-order valence-electron chi connectivity index (χ2n) is 7.10. The van der Waals surface area contributed by atoms with Crippen molar-refractivity contribution >= 4 is 40.7 Å². The van der Waals surface area contributed by atoms with Crippen LogP contribution in [0, 0.1) is 0 Å². The summed E-state index contributed by atoms with van der Waals surface area (Å²) < 4.78 is 5.84. The monoisotopic (exact) mass is 435 g/mol. The number of benzene rings is 2. The highest BCUT2D eigenvalue weighted by Gasteiger charge is 2.24. The normalized spacial score (nSPS) is 17.0. The van der Waals surface area contributed by atoms with Gasteiger partial charge in [-0.25, -0.2) is 0 Å². The van der Waals surface area contributed by atoms with E-state index in [2.05, 4.69) is 5.32 Å². The molecule has 8 heteroatoms. The summed E-state index contributed by atoms with van der Waals surface area (Å²) in [6.07, 6.45) is -0.174. The van der Waals surface area contributed by atoms with E-state index in [1.807, 2.05) is 11.0 Å². The number of halogens is 2. The maximum absolute atomic E-state index is 12.5. The molecule has 0 radical (unpaired) electrons. The molecule has 1 N–H and O–H groups in total. The fourth-order valence-electron chi connectivity index (χ4n) is 3.15. The minimum Gasteiger partial charge on any atom is -0.371 e. The van der Waals surface area contributed by atoms with Gasteiger partial charge in [0.1, 0.15) is 0 Å². The van der Waals surface area contributed by atoms with Crippen LogP contribution in [0.15, 0.2) is 42.5 Å². The van der Waals surface area contributed by atoms with E-state index in [1.165, 1.54) is 4.90 Å². The first-order valence-electron chi connectivity index (χ1n) is 9.24. The molecule has 1 fully saturated rings. The maximum Gasteiger partial charge on any atom is 0.253 e. The van der Waals surface area contributed by atoms with Gasteiger partial charge in [-0.1, -0.05) is 35.3 Å². The largest absolute Gasteiger partial charge is 0.371 e. The van der Waals surface area contributed by atoms with Crippen LogP contribution in [0.2, 0.25) is 10.0 Å². The van der Waals surface area contributed by atoms with Crippen molar-refractivity contribution in [3.05, 3.63) is 63.6 Å². The number of nitrogens with one attached hydrogen (secondary N) is 1. The first kappa shape index (κ1) is 21.6. The molecule has 1 heterocycles. The van der Waals surface area contributed by atoms with Gasteiger partial charge in [-0.2, -0.15) is 0 Å². The van der Waals surface area contributed by atoms with Crippen molar-refractivity contribution in [1.29, 1.82) is 0 Å². The summed E-state index contributed by atoms with van der Waals surface area (Å²) in [5, 5.41) is 3.84. The lowest BCUT2D eigenvalue weighted by atomic mass is 10.1. The van der Waals surface area contributed by atoms with E-state index in [0.29, 0.717) is 41.0 Å². The molecule has 0 aromatic heterocycles. The van der Waals surface area contributed by atoms with Crippen molar-refractivity contribution in [2.45, 2.75) is 6.10 Å². The van der Waals surface area contributed by atoms with Crippen molar-refractivity contribution < 1.29 is 14.3 Å². The van der Waals surface area contributed by atoms with Gasteiger partial charge in [-0.15, -0.1) is 0 Å². The van der Waals surface area contributed by atoms with E-state index >= 15 is 0 Å². The van der Waals surface area contributed by atoms with E-state index in [1.54, 1.807) is 50.5 Å². The Morgan fingerprint density at radius 3 is 2.69 bits per heavy atom. The van der Waals surface area contributed by atoms with Crippen molar-refractivity contribution in [3.63, 3.8) is 0 Å². The summed E-state index contributed by atoms with van der Waals surface area (Å²) in [4.78, 5) is 28.1. The summed E-state index contributed by atoms with van der Waals surface area (Å²) in [7, 11) is 3.38. The van der Waals surface area contributed by atoms with Crippen molar-refractivity contribution in [3.8, 4) is 0 Å². The number of morpholine rings is 1. The number of hydrogen-bond acceptors (Lipinski definition) is 4. The molecule has 154 valence electrons. The van der Waals surface area contributed by atoms with Gasteiger partial charge in [0.25, 0.3) is 5.91 Å². The third kappa shape index (κ3) is 5.70. The number of nitrogens with zero attached hydrogens (tertiary/aromatic N) is 2. The Morgan fingerprint density at radius 2 is 1.97 bits per heavy atom. The predicted octanol–water partition coefficient (Wildman–Crippen LogP) is 3.71. The van der Waals surface area contributed by atoms with Crippen LogP contribution in [0.25, 0.3) is 0 Å². The van der Waals surface area contributed by atoms with E-state index in [9.17, 15) is 9.59 Å². The maximum atomic E-state index is 12.5. The Morgan fingerprint density at radius 1 is 1.17 bits per heavy atom. The number of rotatable bonds is 5. The fourth-order valence-corrected chi connectivity index (χ4v) is 3.46. The third-order valence-corrected chi connectivity index (χ3v) is 5.37. The fraction of sp³-hybridized carbons (Fsp3) is 0.333. The molecular weight excluding hydrogens is 413 g/mol. The van der Waals surface area contributed by atoms with Crippen LogP contribution in [0.4, 0.5) is 5.69 Å². The van der Waals surface area contributed by atoms with Gasteiger partial charge >= 0.3 is 0 Å². The lowest BCUT2D eigenvalue weighted by molar-refractivity contribution is -0.119. The molecule has 0 bridgehead atoms.